The quantitative estimate of drug-likeness (QED) is 0.107. The normalized spacial score (nSPS) is 19.9. The summed E-state index contributed by atoms with van der Waals surface area (Å²) in [5, 5.41) is 10.1. The molecule has 1 saturated heterocycles. The van der Waals surface area contributed by atoms with Gasteiger partial charge in [-0.05, 0) is 33.8 Å². The minimum absolute atomic E-state index is 0.0378. The molecule has 15 nitrogen and oxygen atoms in total. The zero-order valence-corrected chi connectivity index (χ0v) is 24.0. The number of β-lactam (4-membered cyclic amide) rings is 1. The molecular formula is C23H30N6O9S2. The molecule has 3 amide bonds. The Morgan fingerprint density at radius 2 is 1.93 bits per heavy atom. The van der Waals surface area contributed by atoms with E-state index in [0.29, 0.717) is 5.75 Å². The van der Waals surface area contributed by atoms with E-state index in [4.69, 9.17) is 24.8 Å². The van der Waals surface area contributed by atoms with Crippen molar-refractivity contribution in [3.8, 4) is 0 Å². The summed E-state index contributed by atoms with van der Waals surface area (Å²) in [5.41, 5.74) is 5.43. The van der Waals surface area contributed by atoms with E-state index in [-0.39, 0.29) is 28.8 Å². The number of thiazole rings is 1. The average molecular weight is 599 g/mol. The summed E-state index contributed by atoms with van der Waals surface area (Å²) in [4.78, 5) is 72.8. The van der Waals surface area contributed by atoms with E-state index in [1.54, 1.807) is 20.8 Å². The van der Waals surface area contributed by atoms with Crippen molar-refractivity contribution in [2.24, 2.45) is 10.9 Å². The number of nitrogens with one attached hydrogen (secondary N) is 2. The van der Waals surface area contributed by atoms with Crippen molar-refractivity contribution in [3.63, 3.8) is 0 Å². The van der Waals surface area contributed by atoms with Crippen LogP contribution in [0, 0.1) is 0 Å². The Labute approximate surface area is 237 Å². The molecule has 2 aliphatic rings. The highest BCUT2D eigenvalue weighted by atomic mass is 32.2. The Balaban J connectivity index is 1.65. The first-order valence-electron chi connectivity index (χ1n) is 12.2. The first-order valence-corrected chi connectivity index (χ1v) is 14.1. The van der Waals surface area contributed by atoms with Crippen LogP contribution in [0.15, 0.2) is 22.3 Å². The predicted molar refractivity (Wildman–Crippen MR) is 144 cm³/mol. The highest BCUT2D eigenvalue weighted by molar-refractivity contribution is 8.00. The van der Waals surface area contributed by atoms with E-state index in [1.807, 2.05) is 0 Å². The number of carbonyl (C=O) groups is 5. The summed E-state index contributed by atoms with van der Waals surface area (Å²) in [6.07, 6.45) is -1.18. The van der Waals surface area contributed by atoms with E-state index in [1.165, 1.54) is 42.0 Å². The van der Waals surface area contributed by atoms with Crippen LogP contribution in [0.4, 0.5) is 9.93 Å². The monoisotopic (exact) mass is 598 g/mol. The second kappa shape index (κ2) is 13.6. The molecule has 1 aromatic rings. The topological polar surface area (TPSA) is 201 Å². The third-order valence-corrected chi connectivity index (χ3v) is 7.04. The molecule has 1 aromatic heterocycles. The molecule has 1 fully saturated rings. The molecule has 0 radical (unpaired) electrons. The van der Waals surface area contributed by atoms with Gasteiger partial charge < -0.3 is 35.4 Å². The third-order valence-electron chi connectivity index (χ3n) is 5.10. The van der Waals surface area contributed by atoms with Crippen LogP contribution in [0.25, 0.3) is 0 Å². The molecule has 3 heterocycles. The van der Waals surface area contributed by atoms with Gasteiger partial charge in [0, 0.05) is 18.1 Å². The van der Waals surface area contributed by atoms with Gasteiger partial charge in [0.15, 0.2) is 10.8 Å². The van der Waals surface area contributed by atoms with Gasteiger partial charge in [0.1, 0.15) is 29.4 Å². The number of carbonyl (C=O) groups excluding carboxylic acids is 5. The summed E-state index contributed by atoms with van der Waals surface area (Å²) in [6, 6.07) is -1.74. The van der Waals surface area contributed by atoms with Crippen molar-refractivity contribution in [2.45, 2.75) is 64.5 Å². The second-order valence-electron chi connectivity index (χ2n) is 8.65. The van der Waals surface area contributed by atoms with E-state index < -0.39 is 59.7 Å². The van der Waals surface area contributed by atoms with Crippen LogP contribution in [-0.2, 0) is 38.2 Å². The third kappa shape index (κ3) is 7.48. The number of hydrogen-bond acceptors (Lipinski definition) is 14. The standard InChI is InChI=1S/C23H30N6O9S2/c1-6-35-28-15(13-9-40-22(25-13)27-17(30)11(4)24)18(31)26-16-19(32)29-14(7-8-39-20(16)29)21(33)37-12(5)38-23(34)36-10(2)3/h7,9-12,16,20H,6,8,24H2,1-5H3,(H,26,31)(H,25,27,30)/t11-,12?,16?,20+/m0/s1. The largest absolute Gasteiger partial charge is 0.511 e. The van der Waals surface area contributed by atoms with Gasteiger partial charge in [0.25, 0.3) is 11.8 Å². The lowest BCUT2D eigenvalue weighted by atomic mass is 10.0. The SMILES string of the molecule is CCON=C(C(=O)NC1C(=O)N2C(C(=O)OC(C)OC(=O)OC(C)C)=CCS[C@H]12)c1csc(NC(=O)[C@H](C)N)n1. The summed E-state index contributed by atoms with van der Waals surface area (Å²) >= 11 is 2.37. The molecule has 0 bridgehead atoms. The van der Waals surface area contributed by atoms with Crippen molar-refractivity contribution in [2.75, 3.05) is 17.7 Å². The second-order valence-corrected chi connectivity index (χ2v) is 10.7. The van der Waals surface area contributed by atoms with Crippen molar-refractivity contribution < 1.29 is 43.0 Å². The molecule has 0 aromatic carbocycles. The van der Waals surface area contributed by atoms with Gasteiger partial charge in [-0.25, -0.2) is 14.6 Å². The van der Waals surface area contributed by atoms with E-state index in [9.17, 15) is 24.0 Å². The molecule has 0 spiro atoms. The molecule has 0 saturated carbocycles. The number of hydrogen-bond donors (Lipinski definition) is 3. The lowest BCUT2D eigenvalue weighted by Gasteiger charge is -2.48. The van der Waals surface area contributed by atoms with Crippen LogP contribution in [0.5, 0.6) is 0 Å². The number of rotatable bonds is 11. The Morgan fingerprint density at radius 3 is 2.58 bits per heavy atom. The fourth-order valence-corrected chi connectivity index (χ4v) is 5.22. The zero-order valence-electron chi connectivity index (χ0n) is 22.4. The number of thioether (sulfide) groups is 1. The number of oxime groups is 1. The van der Waals surface area contributed by atoms with Crippen LogP contribution < -0.4 is 16.4 Å². The fraction of sp³-hybridized carbons (Fsp3) is 0.522. The Hall–Kier alpha value is -3.70. The lowest BCUT2D eigenvalue weighted by molar-refractivity contribution is -0.169. The first kappa shape index (κ1) is 30.8. The number of nitrogens with zero attached hydrogens (tertiary/aromatic N) is 3. The van der Waals surface area contributed by atoms with E-state index in [2.05, 4.69) is 20.8 Å². The predicted octanol–water partition coefficient (Wildman–Crippen LogP) is 0.904. The zero-order chi connectivity index (χ0) is 29.6. The number of aromatic nitrogens is 1. The van der Waals surface area contributed by atoms with Gasteiger partial charge >= 0.3 is 12.1 Å². The number of fused-ring (bicyclic) bond motifs is 1. The maximum Gasteiger partial charge on any atom is 0.511 e. The number of ether oxygens (including phenoxy) is 3. The minimum atomic E-state index is -1.27. The summed E-state index contributed by atoms with van der Waals surface area (Å²) in [7, 11) is 0. The molecule has 17 heteroatoms. The number of nitrogens with two attached hydrogens (primary N) is 1. The van der Waals surface area contributed by atoms with E-state index >= 15 is 0 Å². The highest BCUT2D eigenvalue weighted by Crippen LogP contribution is 2.38. The molecule has 2 unspecified atom stereocenters. The Kier molecular flexibility index (Phi) is 10.5. The van der Waals surface area contributed by atoms with Crippen LogP contribution in [-0.4, -0.2) is 87.7 Å². The van der Waals surface area contributed by atoms with Crippen molar-refractivity contribution >= 4 is 63.8 Å². The number of anilines is 1. The first-order chi connectivity index (χ1) is 18.9. The number of amides is 3. The fourth-order valence-electron chi connectivity index (χ4n) is 3.32. The van der Waals surface area contributed by atoms with Gasteiger partial charge in [-0.15, -0.1) is 23.1 Å². The van der Waals surface area contributed by atoms with Crippen LogP contribution >= 0.6 is 23.1 Å². The van der Waals surface area contributed by atoms with E-state index in [0.717, 1.165) is 11.3 Å². The molecular weight excluding hydrogens is 568 g/mol. The molecule has 40 heavy (non-hydrogen) atoms. The molecule has 4 N–H and O–H groups in total. The summed E-state index contributed by atoms with van der Waals surface area (Å²) in [6.45, 7) is 7.96. The smallest absolute Gasteiger partial charge is 0.431 e. The highest BCUT2D eigenvalue weighted by Gasteiger charge is 2.53. The lowest BCUT2D eigenvalue weighted by Crippen LogP contribution is -2.70. The van der Waals surface area contributed by atoms with Gasteiger partial charge in [0.2, 0.25) is 12.2 Å². The molecule has 2 aliphatic heterocycles. The average Bonchev–Trinajstić information content (AvgIpc) is 3.33. The summed E-state index contributed by atoms with van der Waals surface area (Å²) in [5.74, 6) is -2.28. The maximum atomic E-state index is 13.1. The van der Waals surface area contributed by atoms with Gasteiger partial charge in [-0.3, -0.25) is 19.3 Å². The van der Waals surface area contributed by atoms with Crippen LogP contribution in [0.2, 0.25) is 0 Å². The Bertz CT molecular complexity index is 1220. The van der Waals surface area contributed by atoms with Crippen LogP contribution in [0.3, 0.4) is 0 Å². The number of esters is 1. The van der Waals surface area contributed by atoms with Gasteiger partial charge in [-0.1, -0.05) is 5.16 Å². The van der Waals surface area contributed by atoms with Crippen LogP contribution in [0.1, 0.15) is 40.3 Å². The Morgan fingerprint density at radius 1 is 1.20 bits per heavy atom. The minimum Gasteiger partial charge on any atom is -0.431 e. The van der Waals surface area contributed by atoms with Crippen molar-refractivity contribution in [1.82, 2.24) is 15.2 Å². The van der Waals surface area contributed by atoms with Gasteiger partial charge in [-0.2, -0.15) is 0 Å². The van der Waals surface area contributed by atoms with Gasteiger partial charge in [0.05, 0.1) is 12.1 Å². The molecule has 4 atom stereocenters. The van der Waals surface area contributed by atoms with Crippen molar-refractivity contribution in [3.05, 3.63) is 22.8 Å². The van der Waals surface area contributed by atoms with Crippen molar-refractivity contribution in [1.29, 1.82) is 0 Å². The molecule has 3 rings (SSSR count). The molecule has 0 aliphatic carbocycles. The summed E-state index contributed by atoms with van der Waals surface area (Å²) < 4.78 is 14.9. The maximum absolute atomic E-state index is 13.1. The molecule has 218 valence electrons.